The molecule has 0 aromatic heterocycles. The van der Waals surface area contributed by atoms with Crippen molar-refractivity contribution in [3.05, 3.63) is 59.2 Å². The van der Waals surface area contributed by atoms with Crippen LogP contribution >= 0.6 is 12.2 Å². The van der Waals surface area contributed by atoms with Crippen molar-refractivity contribution < 1.29 is 17.6 Å². The molecule has 0 fully saturated rings. The van der Waals surface area contributed by atoms with E-state index in [0.717, 1.165) is 5.56 Å². The van der Waals surface area contributed by atoms with Crippen LogP contribution in [0.15, 0.2) is 30.3 Å². The summed E-state index contributed by atoms with van der Waals surface area (Å²) in [6.45, 7) is 4.08. The molecule has 2 aromatic carbocycles. The van der Waals surface area contributed by atoms with Crippen molar-refractivity contribution in [3.8, 4) is 0 Å². The van der Waals surface area contributed by atoms with E-state index in [1.54, 1.807) is 12.1 Å². The highest BCUT2D eigenvalue weighted by Gasteiger charge is 2.19. The summed E-state index contributed by atoms with van der Waals surface area (Å²) in [5, 5.41) is 4.64. The van der Waals surface area contributed by atoms with E-state index in [1.807, 2.05) is 26.0 Å². The van der Waals surface area contributed by atoms with Gasteiger partial charge in [0.05, 0.1) is 0 Å². The number of hydrogen-bond acceptors (Lipinski definition) is 1. The maximum Gasteiger partial charge on any atom is 0.185 e. The van der Waals surface area contributed by atoms with Crippen molar-refractivity contribution in [2.75, 3.05) is 10.6 Å². The lowest BCUT2D eigenvalue weighted by atomic mass is 10.0. The van der Waals surface area contributed by atoms with Crippen molar-refractivity contribution in [3.63, 3.8) is 0 Å². The normalized spacial score (nSPS) is 10.7. The Labute approximate surface area is 136 Å². The van der Waals surface area contributed by atoms with E-state index in [-0.39, 0.29) is 11.2 Å². The second-order valence-electron chi connectivity index (χ2n) is 5.20. The van der Waals surface area contributed by atoms with Crippen molar-refractivity contribution in [1.29, 1.82) is 0 Å². The number of rotatable bonds is 3. The molecule has 0 saturated heterocycles. The maximum atomic E-state index is 13.6. The highest BCUT2D eigenvalue weighted by atomic mass is 32.1. The molecule has 2 aromatic rings. The van der Waals surface area contributed by atoms with Crippen LogP contribution in [0.3, 0.4) is 0 Å². The van der Waals surface area contributed by atoms with Gasteiger partial charge >= 0.3 is 0 Å². The molecule has 0 heterocycles. The predicted molar refractivity (Wildman–Crippen MR) is 86.6 cm³/mol. The number of benzene rings is 2. The fraction of sp³-hybridized carbons (Fsp3) is 0.188. The summed E-state index contributed by atoms with van der Waals surface area (Å²) < 4.78 is 53.4. The molecule has 0 amide bonds. The summed E-state index contributed by atoms with van der Waals surface area (Å²) in [5.41, 5.74) is 0.710. The Kier molecular flexibility index (Phi) is 5.20. The van der Waals surface area contributed by atoms with Crippen LogP contribution in [0, 0.1) is 23.3 Å². The summed E-state index contributed by atoms with van der Waals surface area (Å²) >= 11 is 4.91. The van der Waals surface area contributed by atoms with Gasteiger partial charge in [0.15, 0.2) is 28.4 Å². The summed E-state index contributed by atoms with van der Waals surface area (Å²) in [6, 6.07) is 7.36. The van der Waals surface area contributed by atoms with Gasteiger partial charge in [-0.2, -0.15) is 0 Å². The molecule has 2 nitrogen and oxygen atoms in total. The van der Waals surface area contributed by atoms with E-state index in [2.05, 4.69) is 10.6 Å². The molecule has 0 saturated carbocycles. The molecule has 122 valence electrons. The lowest BCUT2D eigenvalue weighted by Gasteiger charge is -2.13. The number of nitrogens with one attached hydrogen (secondary N) is 2. The highest BCUT2D eigenvalue weighted by Crippen LogP contribution is 2.24. The monoisotopic (exact) mass is 342 g/mol. The molecule has 0 aliphatic rings. The quantitative estimate of drug-likeness (QED) is 0.457. The molecule has 0 bridgehead atoms. The van der Waals surface area contributed by atoms with Crippen molar-refractivity contribution in [2.45, 2.75) is 19.8 Å². The first kappa shape index (κ1) is 17.2. The molecular weight excluding hydrogens is 328 g/mol. The first-order valence-corrected chi connectivity index (χ1v) is 7.21. The van der Waals surface area contributed by atoms with Crippen LogP contribution in [-0.2, 0) is 0 Å². The van der Waals surface area contributed by atoms with E-state index in [0.29, 0.717) is 11.6 Å². The van der Waals surface area contributed by atoms with Gasteiger partial charge < -0.3 is 10.6 Å². The standard InChI is InChI=1S/C16H14F4N2S/c1-8(2)9-3-5-10(6-4-9)21-16(23)22-15-13(19)11(17)7-12(18)14(15)20/h3-8H,1-2H3,(H2,21,22,23). The van der Waals surface area contributed by atoms with E-state index >= 15 is 0 Å². The Balaban J connectivity index is 2.14. The SMILES string of the molecule is CC(C)c1ccc(NC(=S)Nc2c(F)c(F)cc(F)c2F)cc1. The summed E-state index contributed by atoms with van der Waals surface area (Å²) in [5.74, 6) is -5.73. The second-order valence-corrected chi connectivity index (χ2v) is 5.61. The van der Waals surface area contributed by atoms with E-state index in [9.17, 15) is 17.6 Å². The summed E-state index contributed by atoms with van der Waals surface area (Å²) in [4.78, 5) is 0. The number of anilines is 2. The molecule has 0 aliphatic heterocycles. The third-order valence-corrected chi connectivity index (χ3v) is 3.39. The van der Waals surface area contributed by atoms with Crippen LogP contribution < -0.4 is 10.6 Å². The van der Waals surface area contributed by atoms with Gasteiger partial charge in [0.25, 0.3) is 0 Å². The third kappa shape index (κ3) is 3.98. The summed E-state index contributed by atoms with van der Waals surface area (Å²) in [6.07, 6.45) is 0. The Morgan fingerprint density at radius 2 is 1.43 bits per heavy atom. The van der Waals surface area contributed by atoms with Crippen LogP contribution in [0.25, 0.3) is 0 Å². The smallest absolute Gasteiger partial charge is 0.185 e. The van der Waals surface area contributed by atoms with E-state index in [1.165, 1.54) is 0 Å². The van der Waals surface area contributed by atoms with Gasteiger partial charge in [-0.3, -0.25) is 0 Å². The maximum absolute atomic E-state index is 13.6. The van der Waals surface area contributed by atoms with Gasteiger partial charge in [-0.25, -0.2) is 17.6 Å². The molecule has 0 unspecified atom stereocenters. The highest BCUT2D eigenvalue weighted by molar-refractivity contribution is 7.80. The Morgan fingerprint density at radius 1 is 0.913 bits per heavy atom. The summed E-state index contributed by atoms with van der Waals surface area (Å²) in [7, 11) is 0. The molecule has 0 atom stereocenters. The second kappa shape index (κ2) is 6.95. The van der Waals surface area contributed by atoms with Crippen LogP contribution in [0.4, 0.5) is 28.9 Å². The van der Waals surface area contributed by atoms with E-state index in [4.69, 9.17) is 12.2 Å². The average molecular weight is 342 g/mol. The largest absolute Gasteiger partial charge is 0.332 e. The number of hydrogen-bond donors (Lipinski definition) is 2. The minimum Gasteiger partial charge on any atom is -0.332 e. The Morgan fingerprint density at radius 3 is 1.91 bits per heavy atom. The third-order valence-electron chi connectivity index (χ3n) is 3.19. The van der Waals surface area contributed by atoms with Crippen LogP contribution in [0.2, 0.25) is 0 Å². The van der Waals surface area contributed by atoms with Crippen molar-refractivity contribution >= 4 is 28.7 Å². The molecule has 0 radical (unpaired) electrons. The molecule has 0 aliphatic carbocycles. The Hall–Kier alpha value is -2.15. The topological polar surface area (TPSA) is 24.1 Å². The minimum atomic E-state index is -1.54. The lowest BCUT2D eigenvalue weighted by Crippen LogP contribution is -2.21. The zero-order chi connectivity index (χ0) is 17.1. The lowest BCUT2D eigenvalue weighted by molar-refractivity contribution is 0.459. The van der Waals surface area contributed by atoms with Crippen LogP contribution in [-0.4, -0.2) is 5.11 Å². The minimum absolute atomic E-state index is 0.136. The Bertz CT molecular complexity index is 704. The number of halogens is 4. The average Bonchev–Trinajstić information content (AvgIpc) is 2.50. The van der Waals surface area contributed by atoms with E-state index < -0.39 is 29.0 Å². The van der Waals surface area contributed by atoms with Crippen molar-refractivity contribution in [2.24, 2.45) is 0 Å². The molecule has 23 heavy (non-hydrogen) atoms. The van der Waals surface area contributed by atoms with Gasteiger partial charge in [-0.15, -0.1) is 0 Å². The van der Waals surface area contributed by atoms with Crippen LogP contribution in [0.5, 0.6) is 0 Å². The van der Waals surface area contributed by atoms with Gasteiger partial charge in [0.1, 0.15) is 5.69 Å². The molecule has 2 N–H and O–H groups in total. The fourth-order valence-electron chi connectivity index (χ4n) is 1.91. The van der Waals surface area contributed by atoms with Gasteiger partial charge in [0, 0.05) is 11.8 Å². The molecule has 0 spiro atoms. The van der Waals surface area contributed by atoms with Gasteiger partial charge in [-0.05, 0) is 35.8 Å². The molecular formula is C16H14F4N2S. The van der Waals surface area contributed by atoms with Gasteiger partial charge in [-0.1, -0.05) is 26.0 Å². The van der Waals surface area contributed by atoms with Crippen molar-refractivity contribution in [1.82, 2.24) is 0 Å². The first-order chi connectivity index (χ1) is 10.8. The number of thiocarbonyl (C=S) groups is 1. The molecule has 2 rings (SSSR count). The zero-order valence-electron chi connectivity index (χ0n) is 12.4. The predicted octanol–water partition coefficient (Wildman–Crippen LogP) is 5.18. The van der Waals surface area contributed by atoms with Crippen LogP contribution in [0.1, 0.15) is 25.3 Å². The molecule has 7 heteroatoms. The first-order valence-electron chi connectivity index (χ1n) is 6.80. The fourth-order valence-corrected chi connectivity index (χ4v) is 2.13. The van der Waals surface area contributed by atoms with Gasteiger partial charge in [0.2, 0.25) is 0 Å². The zero-order valence-corrected chi connectivity index (χ0v) is 13.2.